The summed E-state index contributed by atoms with van der Waals surface area (Å²) in [5.41, 5.74) is 1.00. The SMILES string of the molecule is COc1ccc(C(=O)Nc2nnc(CCOCCc3nnc(NC(=O)c4ccc(OC)cc4)s3)s2)cc1. The number of aromatic nitrogens is 4. The monoisotopic (exact) mass is 540 g/mol. The summed E-state index contributed by atoms with van der Waals surface area (Å²) < 4.78 is 15.9. The summed E-state index contributed by atoms with van der Waals surface area (Å²) in [6.07, 6.45) is 1.13. The van der Waals surface area contributed by atoms with E-state index in [0.29, 0.717) is 58.9 Å². The van der Waals surface area contributed by atoms with Crippen molar-refractivity contribution in [3.05, 3.63) is 69.7 Å². The first-order chi connectivity index (χ1) is 18.0. The zero-order valence-corrected chi connectivity index (χ0v) is 21.7. The summed E-state index contributed by atoms with van der Waals surface area (Å²) in [4.78, 5) is 24.7. The lowest BCUT2D eigenvalue weighted by molar-refractivity contribution is 0.101. The van der Waals surface area contributed by atoms with Crippen molar-refractivity contribution in [2.75, 3.05) is 38.1 Å². The van der Waals surface area contributed by atoms with Crippen LogP contribution in [-0.2, 0) is 17.6 Å². The molecule has 0 spiro atoms. The van der Waals surface area contributed by atoms with Gasteiger partial charge in [-0.25, -0.2) is 0 Å². The van der Waals surface area contributed by atoms with Crippen LogP contribution in [0.1, 0.15) is 30.7 Å². The maximum Gasteiger partial charge on any atom is 0.257 e. The summed E-state index contributed by atoms with van der Waals surface area (Å²) in [7, 11) is 3.14. The third-order valence-corrected chi connectivity index (χ3v) is 6.80. The quantitative estimate of drug-likeness (QED) is 0.258. The Morgan fingerprint density at radius 3 is 1.46 bits per heavy atom. The van der Waals surface area contributed by atoms with E-state index in [2.05, 4.69) is 31.0 Å². The van der Waals surface area contributed by atoms with Crippen LogP contribution in [0.25, 0.3) is 0 Å². The Balaban J connectivity index is 1.15. The molecule has 37 heavy (non-hydrogen) atoms. The standard InChI is InChI=1S/C24H24N6O5S2/c1-33-17-7-3-15(4-8-17)21(31)25-23-29-27-19(36-23)11-13-35-14-12-20-28-30-24(37-20)26-22(32)16-5-9-18(34-2)10-6-16/h3-10H,11-14H2,1-2H3,(H,25,29,31)(H,26,30,32). The van der Waals surface area contributed by atoms with Crippen molar-refractivity contribution in [2.24, 2.45) is 0 Å². The van der Waals surface area contributed by atoms with Crippen LogP contribution < -0.4 is 20.1 Å². The molecule has 0 aliphatic carbocycles. The van der Waals surface area contributed by atoms with E-state index in [0.717, 1.165) is 10.0 Å². The largest absolute Gasteiger partial charge is 0.497 e. The predicted octanol–water partition coefficient (Wildman–Crippen LogP) is 3.71. The second kappa shape index (κ2) is 12.9. The molecular formula is C24H24N6O5S2. The van der Waals surface area contributed by atoms with Crippen LogP contribution in [0.2, 0.25) is 0 Å². The minimum absolute atomic E-state index is 0.266. The van der Waals surface area contributed by atoms with Gasteiger partial charge in [-0.05, 0) is 48.5 Å². The molecule has 4 aromatic rings. The number of methoxy groups -OCH3 is 2. The van der Waals surface area contributed by atoms with Crippen molar-refractivity contribution in [2.45, 2.75) is 12.8 Å². The summed E-state index contributed by atoms with van der Waals surface area (Å²) in [6.45, 7) is 0.891. The molecule has 0 aliphatic heterocycles. The normalized spacial score (nSPS) is 10.6. The van der Waals surface area contributed by atoms with Crippen molar-refractivity contribution < 1.29 is 23.8 Å². The first-order valence-electron chi connectivity index (χ1n) is 11.2. The molecular weight excluding hydrogens is 516 g/mol. The van der Waals surface area contributed by atoms with Crippen molar-refractivity contribution >= 4 is 44.8 Å². The zero-order valence-electron chi connectivity index (χ0n) is 20.1. The fourth-order valence-corrected chi connectivity index (χ4v) is 4.49. The molecule has 0 saturated heterocycles. The van der Waals surface area contributed by atoms with Gasteiger partial charge in [-0.1, -0.05) is 22.7 Å². The van der Waals surface area contributed by atoms with Gasteiger partial charge in [-0.2, -0.15) is 0 Å². The number of hydrogen-bond donors (Lipinski definition) is 2. The molecule has 2 N–H and O–H groups in total. The Labute approximate surface area is 220 Å². The van der Waals surface area contributed by atoms with Crippen LogP contribution in [0.4, 0.5) is 10.3 Å². The van der Waals surface area contributed by atoms with Gasteiger partial charge in [-0.15, -0.1) is 20.4 Å². The van der Waals surface area contributed by atoms with Crippen molar-refractivity contribution in [1.29, 1.82) is 0 Å². The van der Waals surface area contributed by atoms with Gasteiger partial charge in [0.05, 0.1) is 27.4 Å². The Hall–Kier alpha value is -3.94. The number of nitrogens with zero attached hydrogens (tertiary/aromatic N) is 4. The lowest BCUT2D eigenvalue weighted by atomic mass is 10.2. The highest BCUT2D eigenvalue weighted by Crippen LogP contribution is 2.20. The van der Waals surface area contributed by atoms with Crippen LogP contribution in [0.5, 0.6) is 11.5 Å². The fourth-order valence-electron chi connectivity index (χ4n) is 3.05. The summed E-state index contributed by atoms with van der Waals surface area (Å²) in [5.74, 6) is 0.826. The molecule has 13 heteroatoms. The van der Waals surface area contributed by atoms with Gasteiger partial charge in [0.15, 0.2) is 0 Å². The minimum atomic E-state index is -0.266. The molecule has 2 aromatic heterocycles. The maximum atomic E-state index is 12.3. The van der Waals surface area contributed by atoms with E-state index in [4.69, 9.17) is 14.2 Å². The fraction of sp³-hybridized carbons (Fsp3) is 0.250. The van der Waals surface area contributed by atoms with Gasteiger partial charge in [0.1, 0.15) is 21.5 Å². The van der Waals surface area contributed by atoms with Gasteiger partial charge >= 0.3 is 0 Å². The summed E-state index contributed by atoms with van der Waals surface area (Å²) in [6, 6.07) is 13.6. The van der Waals surface area contributed by atoms with E-state index in [1.165, 1.54) is 22.7 Å². The van der Waals surface area contributed by atoms with E-state index in [-0.39, 0.29) is 11.8 Å². The highest BCUT2D eigenvalue weighted by atomic mass is 32.1. The predicted molar refractivity (Wildman–Crippen MR) is 140 cm³/mol. The molecule has 0 radical (unpaired) electrons. The van der Waals surface area contributed by atoms with Crippen LogP contribution in [0.15, 0.2) is 48.5 Å². The Morgan fingerprint density at radius 2 is 1.08 bits per heavy atom. The maximum absolute atomic E-state index is 12.3. The van der Waals surface area contributed by atoms with E-state index in [1.54, 1.807) is 62.8 Å². The summed E-state index contributed by atoms with van der Waals surface area (Å²) in [5, 5.41) is 24.1. The molecule has 192 valence electrons. The number of anilines is 2. The lowest BCUT2D eigenvalue weighted by Crippen LogP contribution is -2.11. The molecule has 0 atom stereocenters. The van der Waals surface area contributed by atoms with E-state index in [9.17, 15) is 9.59 Å². The molecule has 0 bridgehead atoms. The molecule has 2 heterocycles. The average molecular weight is 541 g/mol. The number of carbonyl (C=O) groups excluding carboxylic acids is 2. The highest BCUT2D eigenvalue weighted by Gasteiger charge is 2.12. The number of benzene rings is 2. The number of nitrogens with one attached hydrogen (secondary N) is 2. The van der Waals surface area contributed by atoms with Gasteiger partial charge in [0.25, 0.3) is 11.8 Å². The topological polar surface area (TPSA) is 137 Å². The molecule has 0 fully saturated rings. The average Bonchev–Trinajstić information content (AvgIpc) is 3.57. The van der Waals surface area contributed by atoms with E-state index in [1.807, 2.05) is 0 Å². The molecule has 2 amide bonds. The molecule has 0 saturated carbocycles. The smallest absolute Gasteiger partial charge is 0.257 e. The Morgan fingerprint density at radius 1 is 0.676 bits per heavy atom. The number of ether oxygens (including phenoxy) is 3. The third-order valence-electron chi connectivity index (χ3n) is 5.00. The number of hydrogen-bond acceptors (Lipinski definition) is 11. The molecule has 4 rings (SSSR count). The lowest BCUT2D eigenvalue weighted by Gasteiger charge is -2.03. The van der Waals surface area contributed by atoms with E-state index >= 15 is 0 Å². The second-order valence-electron chi connectivity index (χ2n) is 7.48. The van der Waals surface area contributed by atoms with Crippen molar-refractivity contribution in [3.63, 3.8) is 0 Å². The van der Waals surface area contributed by atoms with Crippen LogP contribution in [-0.4, -0.2) is 59.6 Å². The minimum Gasteiger partial charge on any atom is -0.497 e. The molecule has 0 aliphatic rings. The summed E-state index contributed by atoms with van der Waals surface area (Å²) >= 11 is 2.60. The highest BCUT2D eigenvalue weighted by molar-refractivity contribution is 7.15. The van der Waals surface area contributed by atoms with Gasteiger partial charge in [0, 0.05) is 24.0 Å². The van der Waals surface area contributed by atoms with Gasteiger partial charge in [-0.3, -0.25) is 20.2 Å². The van der Waals surface area contributed by atoms with Crippen LogP contribution in [0.3, 0.4) is 0 Å². The van der Waals surface area contributed by atoms with Crippen LogP contribution in [0, 0.1) is 0 Å². The second-order valence-corrected chi connectivity index (χ2v) is 9.60. The van der Waals surface area contributed by atoms with Gasteiger partial charge in [0.2, 0.25) is 10.3 Å². The van der Waals surface area contributed by atoms with Crippen molar-refractivity contribution in [3.8, 4) is 11.5 Å². The number of rotatable bonds is 12. The van der Waals surface area contributed by atoms with Crippen molar-refractivity contribution in [1.82, 2.24) is 20.4 Å². The first kappa shape index (κ1) is 26.1. The third kappa shape index (κ3) is 7.52. The Kier molecular flexibility index (Phi) is 9.08. The molecule has 0 unspecified atom stereocenters. The number of amides is 2. The van der Waals surface area contributed by atoms with Gasteiger partial charge < -0.3 is 14.2 Å². The number of carbonyl (C=O) groups is 2. The first-order valence-corrected chi connectivity index (χ1v) is 12.8. The van der Waals surface area contributed by atoms with E-state index < -0.39 is 0 Å². The molecule has 2 aromatic carbocycles. The van der Waals surface area contributed by atoms with Crippen LogP contribution >= 0.6 is 22.7 Å². The molecule has 11 nitrogen and oxygen atoms in total. The Bertz CT molecular complexity index is 1220. The zero-order chi connectivity index (χ0) is 26.0.